The number of nitrogens with one attached hydrogen (secondary N) is 2. The molecular weight excluding hydrogens is 280 g/mol. The van der Waals surface area contributed by atoms with Crippen molar-refractivity contribution in [2.24, 2.45) is 5.41 Å². The highest BCUT2D eigenvalue weighted by Crippen LogP contribution is 2.18. The van der Waals surface area contributed by atoms with Gasteiger partial charge in [0, 0.05) is 12.1 Å². The van der Waals surface area contributed by atoms with Crippen molar-refractivity contribution >= 4 is 11.8 Å². The molecule has 5 nitrogen and oxygen atoms in total. The first-order chi connectivity index (χ1) is 10.1. The Bertz CT molecular complexity index is 528. The number of hydrogen-bond donors (Lipinski definition) is 2. The van der Waals surface area contributed by atoms with E-state index in [1.54, 1.807) is 21.0 Å². The van der Waals surface area contributed by atoms with Gasteiger partial charge in [0.2, 0.25) is 11.8 Å². The molecule has 0 bridgehead atoms. The van der Waals surface area contributed by atoms with E-state index in [0.717, 1.165) is 11.3 Å². The number of carbonyl (C=O) groups excluding carboxylic acids is 2. The van der Waals surface area contributed by atoms with Gasteiger partial charge < -0.3 is 15.4 Å². The van der Waals surface area contributed by atoms with Crippen LogP contribution in [-0.2, 0) is 16.1 Å². The molecule has 0 aliphatic rings. The van der Waals surface area contributed by atoms with Crippen molar-refractivity contribution in [3.8, 4) is 5.75 Å². The number of methoxy groups -OCH3 is 1. The summed E-state index contributed by atoms with van der Waals surface area (Å²) in [5.41, 5.74) is -0.550. The van der Waals surface area contributed by atoms with E-state index in [9.17, 15) is 9.59 Å². The summed E-state index contributed by atoms with van der Waals surface area (Å²) in [7, 11) is 1.60. The van der Waals surface area contributed by atoms with Gasteiger partial charge in [-0.1, -0.05) is 12.1 Å². The van der Waals surface area contributed by atoms with Crippen molar-refractivity contribution in [3.05, 3.63) is 29.8 Å². The molecular formula is C17H26N2O3. The van der Waals surface area contributed by atoms with Crippen molar-refractivity contribution in [2.75, 3.05) is 7.11 Å². The van der Waals surface area contributed by atoms with Crippen LogP contribution in [0.15, 0.2) is 24.3 Å². The Labute approximate surface area is 132 Å². The number of rotatable bonds is 5. The maximum absolute atomic E-state index is 12.3. The lowest BCUT2D eigenvalue weighted by molar-refractivity contribution is -0.142. The van der Waals surface area contributed by atoms with Crippen LogP contribution in [0, 0.1) is 5.41 Å². The second-order valence-electron chi connectivity index (χ2n) is 6.86. The molecule has 22 heavy (non-hydrogen) atoms. The molecule has 0 saturated carbocycles. The summed E-state index contributed by atoms with van der Waals surface area (Å²) in [5.74, 6) is 0.178. The second kappa shape index (κ2) is 6.81. The molecule has 2 amide bonds. The summed E-state index contributed by atoms with van der Waals surface area (Å²) in [4.78, 5) is 24.5. The minimum Gasteiger partial charge on any atom is -0.497 e. The van der Waals surface area contributed by atoms with Crippen LogP contribution >= 0.6 is 0 Å². The average Bonchev–Trinajstić information content (AvgIpc) is 2.43. The molecule has 2 N–H and O–H groups in total. The highest BCUT2D eigenvalue weighted by atomic mass is 16.5. The molecule has 1 rings (SSSR count). The molecule has 122 valence electrons. The van der Waals surface area contributed by atoms with Crippen molar-refractivity contribution in [1.29, 1.82) is 0 Å². The Morgan fingerprint density at radius 1 is 1.00 bits per heavy atom. The predicted octanol–water partition coefficient (Wildman–Crippen LogP) is 2.25. The topological polar surface area (TPSA) is 67.4 Å². The third-order valence-corrected chi connectivity index (χ3v) is 3.24. The number of amides is 2. The standard InChI is InChI=1S/C17H26N2O3/c1-16(2,3)19-15(21)17(4,5)14(20)18-11-12-7-9-13(22-6)10-8-12/h7-10H,11H2,1-6H3,(H,18,20)(H,19,21). The van der Waals surface area contributed by atoms with Gasteiger partial charge in [-0.25, -0.2) is 0 Å². The lowest BCUT2D eigenvalue weighted by atomic mass is 9.89. The van der Waals surface area contributed by atoms with Crippen LogP contribution in [0.5, 0.6) is 5.75 Å². The third-order valence-electron chi connectivity index (χ3n) is 3.24. The van der Waals surface area contributed by atoms with Crippen molar-refractivity contribution < 1.29 is 14.3 Å². The van der Waals surface area contributed by atoms with Crippen molar-refractivity contribution in [3.63, 3.8) is 0 Å². The maximum Gasteiger partial charge on any atom is 0.235 e. The van der Waals surface area contributed by atoms with E-state index in [-0.39, 0.29) is 17.4 Å². The quantitative estimate of drug-likeness (QED) is 0.820. The molecule has 0 spiro atoms. The second-order valence-corrected chi connectivity index (χ2v) is 6.86. The van der Waals surface area contributed by atoms with Crippen LogP contribution in [0.4, 0.5) is 0 Å². The number of carbonyl (C=O) groups is 2. The first-order valence-electron chi connectivity index (χ1n) is 7.30. The average molecular weight is 306 g/mol. The van der Waals surface area contributed by atoms with Crippen LogP contribution in [-0.4, -0.2) is 24.5 Å². The fraction of sp³-hybridized carbons (Fsp3) is 0.529. The van der Waals surface area contributed by atoms with Crippen LogP contribution in [0.25, 0.3) is 0 Å². The fourth-order valence-electron chi connectivity index (χ4n) is 1.75. The van der Waals surface area contributed by atoms with Gasteiger partial charge in [0.15, 0.2) is 0 Å². The van der Waals surface area contributed by atoms with Gasteiger partial charge in [0.05, 0.1) is 7.11 Å². The minimum atomic E-state index is -1.13. The minimum absolute atomic E-state index is 0.285. The molecule has 5 heteroatoms. The zero-order chi connectivity index (χ0) is 17.0. The van der Waals surface area contributed by atoms with Gasteiger partial charge in [-0.05, 0) is 52.3 Å². The van der Waals surface area contributed by atoms with Crippen LogP contribution < -0.4 is 15.4 Å². The Balaban J connectivity index is 2.64. The Hall–Kier alpha value is -2.04. The summed E-state index contributed by atoms with van der Waals surface area (Å²) in [6.45, 7) is 9.27. The normalized spacial score (nSPS) is 11.7. The Morgan fingerprint density at radius 3 is 2.00 bits per heavy atom. The molecule has 0 atom stereocenters. The lowest BCUT2D eigenvalue weighted by Gasteiger charge is -2.28. The fourth-order valence-corrected chi connectivity index (χ4v) is 1.75. The Kier molecular flexibility index (Phi) is 5.58. The first-order valence-corrected chi connectivity index (χ1v) is 7.30. The summed E-state index contributed by atoms with van der Waals surface area (Å²) in [6, 6.07) is 7.42. The molecule has 0 aromatic heterocycles. The third kappa shape index (κ3) is 5.06. The van der Waals surface area contributed by atoms with E-state index < -0.39 is 5.41 Å². The molecule has 0 fully saturated rings. The zero-order valence-electron chi connectivity index (χ0n) is 14.2. The largest absolute Gasteiger partial charge is 0.497 e. The SMILES string of the molecule is COc1ccc(CNC(=O)C(C)(C)C(=O)NC(C)(C)C)cc1. The Morgan fingerprint density at radius 2 is 1.55 bits per heavy atom. The number of benzene rings is 1. The van der Waals surface area contributed by atoms with Gasteiger partial charge in [-0.3, -0.25) is 9.59 Å². The van der Waals surface area contributed by atoms with Crippen molar-refractivity contribution in [2.45, 2.75) is 46.7 Å². The summed E-state index contributed by atoms with van der Waals surface area (Å²) in [6.07, 6.45) is 0. The van der Waals surface area contributed by atoms with Crippen LogP contribution in [0.3, 0.4) is 0 Å². The van der Waals surface area contributed by atoms with E-state index >= 15 is 0 Å². The monoisotopic (exact) mass is 306 g/mol. The van der Waals surface area contributed by atoms with Crippen LogP contribution in [0.1, 0.15) is 40.2 Å². The van der Waals surface area contributed by atoms with E-state index in [4.69, 9.17) is 4.74 Å². The van der Waals surface area contributed by atoms with E-state index in [1.165, 1.54) is 0 Å². The van der Waals surface area contributed by atoms with E-state index in [2.05, 4.69) is 10.6 Å². The predicted molar refractivity (Wildman–Crippen MR) is 86.5 cm³/mol. The molecule has 1 aromatic carbocycles. The number of hydrogen-bond acceptors (Lipinski definition) is 3. The molecule has 0 unspecified atom stereocenters. The molecule has 0 radical (unpaired) electrons. The summed E-state index contributed by atoms with van der Waals surface area (Å²) in [5, 5.41) is 5.64. The van der Waals surface area contributed by atoms with E-state index in [0.29, 0.717) is 6.54 Å². The van der Waals surface area contributed by atoms with Crippen molar-refractivity contribution in [1.82, 2.24) is 10.6 Å². The molecule has 1 aromatic rings. The van der Waals surface area contributed by atoms with E-state index in [1.807, 2.05) is 45.0 Å². The van der Waals surface area contributed by atoms with Gasteiger partial charge >= 0.3 is 0 Å². The maximum atomic E-state index is 12.3. The van der Waals surface area contributed by atoms with Crippen LogP contribution in [0.2, 0.25) is 0 Å². The summed E-state index contributed by atoms with van der Waals surface area (Å²) >= 11 is 0. The van der Waals surface area contributed by atoms with Gasteiger partial charge in [0.25, 0.3) is 0 Å². The molecule has 0 aliphatic carbocycles. The highest BCUT2D eigenvalue weighted by Gasteiger charge is 2.37. The number of ether oxygens (including phenoxy) is 1. The lowest BCUT2D eigenvalue weighted by Crippen LogP contribution is -2.52. The molecule has 0 heterocycles. The highest BCUT2D eigenvalue weighted by molar-refractivity contribution is 6.04. The van der Waals surface area contributed by atoms with Gasteiger partial charge in [0.1, 0.15) is 11.2 Å². The molecule has 0 aliphatic heterocycles. The van der Waals surface area contributed by atoms with Gasteiger partial charge in [-0.15, -0.1) is 0 Å². The van der Waals surface area contributed by atoms with Gasteiger partial charge in [-0.2, -0.15) is 0 Å². The zero-order valence-corrected chi connectivity index (χ0v) is 14.2. The first kappa shape index (κ1) is 18.0. The summed E-state index contributed by atoms with van der Waals surface area (Å²) < 4.78 is 5.09. The molecule has 0 saturated heterocycles. The smallest absolute Gasteiger partial charge is 0.235 e.